The highest BCUT2D eigenvalue weighted by Crippen LogP contribution is 2.25. The number of halogens is 1. The van der Waals surface area contributed by atoms with Crippen LogP contribution in [0, 0.1) is 3.57 Å². The topological polar surface area (TPSA) is 75.7 Å². The van der Waals surface area contributed by atoms with Crippen molar-refractivity contribution in [3.05, 3.63) is 50.4 Å². The average molecular weight is 492 g/mol. The zero-order chi connectivity index (χ0) is 17.9. The summed E-state index contributed by atoms with van der Waals surface area (Å²) in [5, 5.41) is 2.83. The van der Waals surface area contributed by atoms with E-state index in [2.05, 4.69) is 27.9 Å². The molecule has 25 heavy (non-hydrogen) atoms. The van der Waals surface area contributed by atoms with E-state index in [1.54, 1.807) is 24.3 Å². The van der Waals surface area contributed by atoms with Crippen molar-refractivity contribution in [2.75, 3.05) is 26.3 Å². The Bertz CT molecular complexity index is 861. The number of hydrogen-bond acceptors (Lipinski definition) is 5. The van der Waals surface area contributed by atoms with E-state index in [1.165, 1.54) is 15.6 Å². The van der Waals surface area contributed by atoms with Crippen molar-refractivity contribution < 1.29 is 17.9 Å². The first-order chi connectivity index (χ1) is 12.0. The van der Waals surface area contributed by atoms with E-state index >= 15 is 0 Å². The van der Waals surface area contributed by atoms with Gasteiger partial charge in [-0.2, -0.15) is 4.31 Å². The van der Waals surface area contributed by atoms with Gasteiger partial charge in [-0.05, 0) is 52.9 Å². The normalized spacial score (nSPS) is 15.9. The van der Waals surface area contributed by atoms with Crippen LogP contribution in [-0.4, -0.2) is 44.9 Å². The Labute approximate surface area is 164 Å². The molecule has 3 rings (SSSR count). The van der Waals surface area contributed by atoms with Crippen molar-refractivity contribution in [2.24, 2.45) is 0 Å². The van der Waals surface area contributed by atoms with Crippen LogP contribution in [0.15, 0.2) is 40.6 Å². The van der Waals surface area contributed by atoms with Crippen molar-refractivity contribution >= 4 is 49.9 Å². The van der Waals surface area contributed by atoms with Crippen molar-refractivity contribution in [2.45, 2.75) is 10.8 Å². The summed E-state index contributed by atoms with van der Waals surface area (Å²) in [6.07, 6.45) is 0. The molecule has 1 aliphatic rings. The van der Waals surface area contributed by atoms with E-state index in [0.717, 1.165) is 8.45 Å². The summed E-state index contributed by atoms with van der Waals surface area (Å²) in [6, 6.07) is 10.6. The van der Waals surface area contributed by atoms with Crippen molar-refractivity contribution in [1.82, 2.24) is 9.62 Å². The highest BCUT2D eigenvalue weighted by atomic mass is 127. The maximum atomic E-state index is 12.6. The van der Waals surface area contributed by atoms with Crippen LogP contribution in [0.5, 0.6) is 0 Å². The predicted molar refractivity (Wildman–Crippen MR) is 104 cm³/mol. The molecule has 1 saturated heterocycles. The number of thiophene rings is 1. The molecule has 1 aromatic heterocycles. The molecule has 0 bridgehead atoms. The molecule has 0 radical (unpaired) electrons. The molecular formula is C16H17IN2O4S2. The second kappa shape index (κ2) is 8.12. The SMILES string of the molecule is O=C(NCc1ccc(S(=O)(=O)N2CCOCC2)s1)c1cccc(I)c1. The van der Waals surface area contributed by atoms with Crippen molar-refractivity contribution in [1.29, 1.82) is 0 Å². The largest absolute Gasteiger partial charge is 0.379 e. The molecule has 0 spiro atoms. The molecule has 9 heteroatoms. The van der Waals surface area contributed by atoms with Gasteiger partial charge in [0.15, 0.2) is 0 Å². The van der Waals surface area contributed by atoms with E-state index in [0.29, 0.717) is 42.6 Å². The fourth-order valence-electron chi connectivity index (χ4n) is 2.41. The van der Waals surface area contributed by atoms with Gasteiger partial charge in [-0.3, -0.25) is 4.79 Å². The summed E-state index contributed by atoms with van der Waals surface area (Å²) in [4.78, 5) is 13.0. The number of rotatable bonds is 5. The van der Waals surface area contributed by atoms with Crippen LogP contribution in [0.2, 0.25) is 0 Å². The molecule has 6 nitrogen and oxygen atoms in total. The summed E-state index contributed by atoms with van der Waals surface area (Å²) in [5.41, 5.74) is 0.588. The summed E-state index contributed by atoms with van der Waals surface area (Å²) in [6.45, 7) is 1.89. The van der Waals surface area contributed by atoms with Crippen molar-refractivity contribution in [3.8, 4) is 0 Å². The van der Waals surface area contributed by atoms with Crippen molar-refractivity contribution in [3.63, 3.8) is 0 Å². The molecule has 1 aliphatic heterocycles. The van der Waals surface area contributed by atoms with Gasteiger partial charge in [-0.25, -0.2) is 8.42 Å². The quantitative estimate of drug-likeness (QED) is 0.651. The minimum Gasteiger partial charge on any atom is -0.379 e. The van der Waals surface area contributed by atoms with Gasteiger partial charge in [0, 0.05) is 27.1 Å². The third kappa shape index (κ3) is 4.59. The summed E-state index contributed by atoms with van der Waals surface area (Å²) >= 11 is 3.34. The van der Waals surface area contributed by atoms with E-state index in [1.807, 2.05) is 12.1 Å². The molecule has 0 saturated carbocycles. The molecule has 0 atom stereocenters. The Kier molecular flexibility index (Phi) is 6.10. The van der Waals surface area contributed by atoms with E-state index in [4.69, 9.17) is 4.74 Å². The summed E-state index contributed by atoms with van der Waals surface area (Å²) < 4.78 is 33.1. The van der Waals surface area contributed by atoms with Gasteiger partial charge in [0.05, 0.1) is 19.8 Å². The average Bonchev–Trinajstić information content (AvgIpc) is 3.10. The summed E-state index contributed by atoms with van der Waals surface area (Å²) in [7, 11) is -3.48. The lowest BCUT2D eigenvalue weighted by Crippen LogP contribution is -2.40. The number of benzene rings is 1. The highest BCUT2D eigenvalue weighted by molar-refractivity contribution is 14.1. The molecular weight excluding hydrogens is 475 g/mol. The van der Waals surface area contributed by atoms with Gasteiger partial charge < -0.3 is 10.1 Å². The summed E-state index contributed by atoms with van der Waals surface area (Å²) in [5.74, 6) is -0.176. The van der Waals surface area contributed by atoms with E-state index in [9.17, 15) is 13.2 Å². The number of morpholine rings is 1. The van der Waals surface area contributed by atoms with Gasteiger partial charge in [-0.15, -0.1) is 11.3 Å². The van der Waals surface area contributed by atoms with Crippen LogP contribution in [0.1, 0.15) is 15.2 Å². The number of amides is 1. The predicted octanol–water partition coefficient (Wildman–Crippen LogP) is 2.30. The van der Waals surface area contributed by atoms with Crippen LogP contribution in [-0.2, 0) is 21.3 Å². The molecule has 1 amide bonds. The Morgan fingerprint density at radius 3 is 2.72 bits per heavy atom. The number of carbonyl (C=O) groups excluding carboxylic acids is 1. The molecule has 1 N–H and O–H groups in total. The second-order valence-electron chi connectivity index (χ2n) is 5.43. The van der Waals surface area contributed by atoms with Gasteiger partial charge in [-0.1, -0.05) is 6.07 Å². The standard InChI is InChI=1S/C16H17IN2O4S2/c17-13-3-1-2-12(10-13)16(20)18-11-14-4-5-15(24-14)25(21,22)19-6-8-23-9-7-19/h1-5,10H,6-9,11H2,(H,18,20). The maximum absolute atomic E-state index is 12.6. The fraction of sp³-hybridized carbons (Fsp3) is 0.312. The zero-order valence-electron chi connectivity index (χ0n) is 13.3. The molecule has 2 heterocycles. The maximum Gasteiger partial charge on any atom is 0.252 e. The lowest BCUT2D eigenvalue weighted by atomic mass is 10.2. The Morgan fingerprint density at radius 2 is 2.00 bits per heavy atom. The second-order valence-corrected chi connectivity index (χ2v) is 10.0. The first kappa shape index (κ1) is 18.8. The number of sulfonamides is 1. The Hall–Kier alpha value is -1.01. The molecule has 1 aromatic carbocycles. The molecule has 2 aromatic rings. The van der Waals surface area contributed by atoms with Crippen LogP contribution in [0.4, 0.5) is 0 Å². The lowest BCUT2D eigenvalue weighted by molar-refractivity contribution is 0.0731. The molecule has 134 valence electrons. The van der Waals surface area contributed by atoms with Gasteiger partial charge in [0.1, 0.15) is 4.21 Å². The fourth-order valence-corrected chi connectivity index (χ4v) is 5.81. The van der Waals surface area contributed by atoms with E-state index in [-0.39, 0.29) is 5.91 Å². The minimum absolute atomic E-state index is 0.176. The Balaban J connectivity index is 1.64. The van der Waals surface area contributed by atoms with Gasteiger partial charge in [0.25, 0.3) is 15.9 Å². The molecule has 0 unspecified atom stereocenters. The van der Waals surface area contributed by atoms with Gasteiger partial charge >= 0.3 is 0 Å². The molecule has 0 aliphatic carbocycles. The number of ether oxygens (including phenoxy) is 1. The first-order valence-electron chi connectivity index (χ1n) is 7.67. The first-order valence-corrected chi connectivity index (χ1v) is 11.0. The third-order valence-corrected chi connectivity index (χ3v) is 7.83. The monoisotopic (exact) mass is 492 g/mol. The van der Waals surface area contributed by atoms with Crippen LogP contribution in [0.25, 0.3) is 0 Å². The number of nitrogens with one attached hydrogen (secondary N) is 1. The Morgan fingerprint density at radius 1 is 1.24 bits per heavy atom. The highest BCUT2D eigenvalue weighted by Gasteiger charge is 2.27. The lowest BCUT2D eigenvalue weighted by Gasteiger charge is -2.25. The zero-order valence-corrected chi connectivity index (χ0v) is 17.1. The van der Waals surface area contributed by atoms with Gasteiger partial charge in [0.2, 0.25) is 0 Å². The smallest absolute Gasteiger partial charge is 0.252 e. The third-order valence-electron chi connectivity index (χ3n) is 3.71. The van der Waals surface area contributed by atoms with Crippen LogP contribution < -0.4 is 5.32 Å². The van der Waals surface area contributed by atoms with E-state index < -0.39 is 10.0 Å². The van der Waals surface area contributed by atoms with Crippen LogP contribution >= 0.6 is 33.9 Å². The minimum atomic E-state index is -3.48. The number of carbonyl (C=O) groups is 1. The molecule has 1 fully saturated rings. The van der Waals surface area contributed by atoms with Crippen LogP contribution in [0.3, 0.4) is 0 Å². The number of hydrogen-bond donors (Lipinski definition) is 1. The number of nitrogens with zero attached hydrogens (tertiary/aromatic N) is 1.